The summed E-state index contributed by atoms with van der Waals surface area (Å²) in [6.07, 6.45) is -4.68. The predicted octanol–water partition coefficient (Wildman–Crippen LogP) is 2.83. The minimum atomic E-state index is -4.27. The molecule has 1 heterocycles. The lowest BCUT2D eigenvalue weighted by molar-refractivity contribution is -0.291. The fourth-order valence-corrected chi connectivity index (χ4v) is 4.47. The lowest BCUT2D eigenvalue weighted by atomic mass is 9.98. The Morgan fingerprint density at radius 2 is 1.19 bits per heavy atom. The van der Waals surface area contributed by atoms with Gasteiger partial charge in [0, 0.05) is 27.7 Å². The van der Waals surface area contributed by atoms with Gasteiger partial charge in [-0.3, -0.25) is 32.7 Å². The summed E-state index contributed by atoms with van der Waals surface area (Å²) < 4.78 is 56.7. The maximum Gasteiger partial charge on any atom is 0.477 e. The number of rotatable bonds is 15. The summed E-state index contributed by atoms with van der Waals surface area (Å²) in [5.74, 6) is -3.06. The van der Waals surface area contributed by atoms with Crippen LogP contribution in [-0.4, -0.2) is 74.4 Å². The van der Waals surface area contributed by atoms with Gasteiger partial charge in [-0.05, 0) is 12.8 Å². The Kier molecular flexibility index (Phi) is 14.2. The fourth-order valence-electron chi connectivity index (χ4n) is 3.14. The Morgan fingerprint density at radius 1 is 0.722 bits per heavy atom. The molecule has 36 heavy (non-hydrogen) atoms. The highest BCUT2D eigenvalue weighted by atomic mass is 31.2. The van der Waals surface area contributed by atoms with E-state index < -0.39 is 69.0 Å². The lowest BCUT2D eigenvalue weighted by Crippen LogP contribution is -2.62. The topological polar surface area (TPSA) is 159 Å². The molecule has 0 aromatic carbocycles. The van der Waals surface area contributed by atoms with Gasteiger partial charge in [-0.2, -0.15) is 0 Å². The number of hydrogen-bond acceptors (Lipinski definition) is 13. The van der Waals surface area contributed by atoms with Crippen molar-refractivity contribution in [2.24, 2.45) is 0 Å². The van der Waals surface area contributed by atoms with Crippen molar-refractivity contribution < 1.29 is 61.0 Å². The van der Waals surface area contributed by atoms with Gasteiger partial charge in [-0.25, -0.2) is 4.57 Å². The molecule has 13 nitrogen and oxygen atoms in total. The first-order valence-electron chi connectivity index (χ1n) is 11.8. The Bertz CT molecular complexity index is 772. The van der Waals surface area contributed by atoms with Crippen molar-refractivity contribution in [3.05, 3.63) is 0 Å². The number of esters is 4. The molecule has 0 aliphatic carbocycles. The number of unbranched alkanes of at least 4 members (excludes halogenated alkanes) is 2. The molecule has 0 bridgehead atoms. The van der Waals surface area contributed by atoms with Crippen LogP contribution in [0.5, 0.6) is 0 Å². The number of carbonyl (C=O) groups excluding carboxylic acids is 4. The molecule has 0 unspecified atom stereocenters. The van der Waals surface area contributed by atoms with Gasteiger partial charge in [0.25, 0.3) is 0 Å². The molecule has 1 fully saturated rings. The highest BCUT2D eigenvalue weighted by molar-refractivity contribution is 7.48. The van der Waals surface area contributed by atoms with Gasteiger partial charge < -0.3 is 23.7 Å². The predicted molar refractivity (Wildman–Crippen MR) is 122 cm³/mol. The summed E-state index contributed by atoms with van der Waals surface area (Å²) in [7, 11) is -4.27. The van der Waals surface area contributed by atoms with Crippen LogP contribution in [-0.2, 0) is 61.0 Å². The van der Waals surface area contributed by atoms with Crippen molar-refractivity contribution >= 4 is 31.7 Å². The van der Waals surface area contributed by atoms with Gasteiger partial charge in [0.2, 0.25) is 6.29 Å². The normalized spacial score (nSPS) is 24.0. The van der Waals surface area contributed by atoms with Gasteiger partial charge in [0.15, 0.2) is 18.3 Å². The van der Waals surface area contributed by atoms with Crippen LogP contribution >= 0.6 is 7.82 Å². The summed E-state index contributed by atoms with van der Waals surface area (Å²) in [5, 5.41) is 0. The fraction of sp³-hybridized carbons (Fsp3) is 0.818. The first kappa shape index (κ1) is 32.0. The van der Waals surface area contributed by atoms with Crippen LogP contribution in [0.25, 0.3) is 0 Å². The van der Waals surface area contributed by atoms with E-state index in [2.05, 4.69) is 0 Å². The van der Waals surface area contributed by atoms with E-state index in [0.717, 1.165) is 40.5 Å². The molecule has 0 N–H and O–H groups in total. The Hall–Kier alpha value is -2.05. The van der Waals surface area contributed by atoms with E-state index in [-0.39, 0.29) is 13.2 Å². The van der Waals surface area contributed by atoms with Gasteiger partial charge in [-0.15, -0.1) is 0 Å². The highest BCUT2D eigenvalue weighted by Crippen LogP contribution is 2.52. The molecule has 0 radical (unpaired) electrons. The molecule has 1 aliphatic rings. The highest BCUT2D eigenvalue weighted by Gasteiger charge is 2.54. The zero-order valence-electron chi connectivity index (χ0n) is 21.6. The van der Waals surface area contributed by atoms with E-state index in [1.54, 1.807) is 0 Å². The molecule has 208 valence electrons. The van der Waals surface area contributed by atoms with Crippen molar-refractivity contribution in [3.63, 3.8) is 0 Å². The summed E-state index contributed by atoms with van der Waals surface area (Å²) in [5.41, 5.74) is 0. The smallest absolute Gasteiger partial charge is 0.463 e. The molecule has 0 aromatic rings. The van der Waals surface area contributed by atoms with Crippen LogP contribution < -0.4 is 0 Å². The molecule has 0 saturated carbocycles. The van der Waals surface area contributed by atoms with E-state index in [1.165, 1.54) is 0 Å². The third-order valence-corrected chi connectivity index (χ3v) is 6.14. The first-order valence-corrected chi connectivity index (χ1v) is 13.3. The second-order valence-corrected chi connectivity index (χ2v) is 9.62. The van der Waals surface area contributed by atoms with E-state index in [4.69, 9.17) is 37.3 Å². The van der Waals surface area contributed by atoms with Gasteiger partial charge in [0.05, 0.1) is 13.2 Å². The second kappa shape index (κ2) is 15.9. The summed E-state index contributed by atoms with van der Waals surface area (Å²) >= 11 is 0. The SMILES string of the molecule is CCCCOP(=O)(OCCCC)O[C@H]1O[C@H](COC(C)=O)[C@@H](OC(C)=O)[C@H](OC(C)=O)[C@@H]1OC(C)=O. The Labute approximate surface area is 211 Å². The molecule has 0 spiro atoms. The standard InChI is InChI=1S/C22H37O13P/c1-7-9-11-29-36(27,30-12-10-8-2)35-22-21(33-17(6)26)20(32-16(5)25)19(31-15(4)24)18(34-22)13-28-14(3)23/h18-22H,7-13H2,1-6H3/t18-,19-,20+,21+,22-/m1/s1. The lowest BCUT2D eigenvalue weighted by Gasteiger charge is -2.44. The van der Waals surface area contributed by atoms with E-state index >= 15 is 0 Å². The number of phosphoric acid groups is 1. The second-order valence-electron chi connectivity index (χ2n) is 7.99. The number of phosphoric ester groups is 1. The molecule has 14 heteroatoms. The third-order valence-electron chi connectivity index (χ3n) is 4.68. The van der Waals surface area contributed by atoms with Crippen molar-refractivity contribution in [2.45, 2.75) is 97.9 Å². The van der Waals surface area contributed by atoms with Crippen LogP contribution in [0.1, 0.15) is 67.2 Å². The van der Waals surface area contributed by atoms with Crippen LogP contribution in [0, 0.1) is 0 Å². The minimum Gasteiger partial charge on any atom is -0.463 e. The molecular formula is C22H37O13P. The Morgan fingerprint density at radius 3 is 1.64 bits per heavy atom. The molecule has 5 atom stereocenters. The van der Waals surface area contributed by atoms with E-state index in [0.29, 0.717) is 12.8 Å². The van der Waals surface area contributed by atoms with Gasteiger partial charge in [-0.1, -0.05) is 26.7 Å². The average Bonchev–Trinajstić information content (AvgIpc) is 2.76. The molecule has 1 aliphatic heterocycles. The average molecular weight is 540 g/mol. The number of ether oxygens (including phenoxy) is 5. The van der Waals surface area contributed by atoms with Crippen molar-refractivity contribution in [1.29, 1.82) is 0 Å². The van der Waals surface area contributed by atoms with E-state index in [9.17, 15) is 23.7 Å². The molecule has 0 aromatic heterocycles. The van der Waals surface area contributed by atoms with E-state index in [1.807, 2.05) is 13.8 Å². The zero-order valence-corrected chi connectivity index (χ0v) is 22.5. The van der Waals surface area contributed by atoms with Crippen molar-refractivity contribution in [1.82, 2.24) is 0 Å². The van der Waals surface area contributed by atoms with Crippen LogP contribution in [0.3, 0.4) is 0 Å². The monoisotopic (exact) mass is 540 g/mol. The minimum absolute atomic E-state index is 0.0468. The summed E-state index contributed by atoms with van der Waals surface area (Å²) in [6, 6.07) is 0. The summed E-state index contributed by atoms with van der Waals surface area (Å²) in [4.78, 5) is 47.1. The van der Waals surface area contributed by atoms with Crippen LogP contribution in [0.15, 0.2) is 0 Å². The van der Waals surface area contributed by atoms with Crippen LogP contribution in [0.4, 0.5) is 0 Å². The molecule has 1 saturated heterocycles. The van der Waals surface area contributed by atoms with Crippen LogP contribution in [0.2, 0.25) is 0 Å². The molecule has 1 rings (SSSR count). The Balaban J connectivity index is 3.42. The number of hydrogen-bond donors (Lipinski definition) is 0. The van der Waals surface area contributed by atoms with Gasteiger partial charge in [0.1, 0.15) is 12.7 Å². The maximum absolute atomic E-state index is 13.5. The zero-order chi connectivity index (χ0) is 27.3. The molecular weight excluding hydrogens is 503 g/mol. The van der Waals surface area contributed by atoms with Crippen molar-refractivity contribution in [3.8, 4) is 0 Å². The largest absolute Gasteiger partial charge is 0.477 e. The van der Waals surface area contributed by atoms with Gasteiger partial charge >= 0.3 is 31.7 Å². The first-order chi connectivity index (χ1) is 16.9. The third kappa shape index (κ3) is 11.3. The summed E-state index contributed by atoms with van der Waals surface area (Å²) in [6.45, 7) is 7.90. The maximum atomic E-state index is 13.5. The molecule has 0 amide bonds. The quantitative estimate of drug-likeness (QED) is 0.129. The van der Waals surface area contributed by atoms with Crippen molar-refractivity contribution in [2.75, 3.05) is 19.8 Å². The number of carbonyl (C=O) groups is 4.